The van der Waals surface area contributed by atoms with Crippen LogP contribution in [0.4, 0.5) is 22.7 Å². The molecule has 0 aliphatic rings. The number of benzene rings is 21. The van der Waals surface area contributed by atoms with E-state index in [1.807, 2.05) is 78.9 Å². The average molecular weight is 1900 g/mol. The van der Waals surface area contributed by atoms with Crippen LogP contribution in [0.15, 0.2) is 528 Å². The summed E-state index contributed by atoms with van der Waals surface area (Å²) in [6.45, 7) is 33.3. The van der Waals surface area contributed by atoms with Gasteiger partial charge in [0.05, 0.1) is 77.1 Å². The molecule has 3 heterocycles. The van der Waals surface area contributed by atoms with E-state index in [1.54, 1.807) is 0 Å². The first kappa shape index (κ1) is 92.0. The van der Waals surface area contributed by atoms with E-state index in [4.69, 9.17) is 26.3 Å². The summed E-state index contributed by atoms with van der Waals surface area (Å²) in [6.07, 6.45) is 0. The SMILES string of the molecule is C.[C-]#[N+]c1cc(-c2ccc(-n3c4ccccc4c4ccccc43)cc2)cc(C#N)c1[Si](c1ccccc1)(c1ccccc1)c1ccccc1.[C-]#[N+]c1cc(-c2ccc(-n3c4ccccc4c4ccccc43)cc2)cc([Si](c2ccccc2)(c2ccccc2)c2ccccc2)c1[N+]#[C-].[C-]#[N+]c1ccc(-c2ccc(-n3c4ccccc4c4ccccc43)cc2)c([Si](c2ccccc2)(c2ccccc2)c2ccccc2)c1C#N. The first-order chi connectivity index (χ1) is 71.2. The van der Waals surface area contributed by atoms with E-state index < -0.39 is 24.2 Å². The highest BCUT2D eigenvalue weighted by molar-refractivity contribution is 7.22. The number of hydrogen-bond acceptors (Lipinski definition) is 2. The molecule has 0 bridgehead atoms. The van der Waals surface area contributed by atoms with Gasteiger partial charge in [0.25, 0.3) is 0 Å². The van der Waals surface area contributed by atoms with Crippen LogP contribution in [0.25, 0.3) is 135 Å². The van der Waals surface area contributed by atoms with Crippen molar-refractivity contribution >= 4 is 175 Å². The molecule has 0 spiro atoms. The Bertz CT molecular complexity index is 8740. The quantitative estimate of drug-likeness (QED) is 0.0487. The maximum atomic E-state index is 10.9. The smallest absolute Gasteiger partial charge is 0.204 e. The lowest BCUT2D eigenvalue weighted by atomic mass is 10.0. The topological polar surface area (TPSA) is 79.8 Å². The van der Waals surface area contributed by atoms with Crippen LogP contribution in [-0.2, 0) is 0 Å². The lowest BCUT2D eigenvalue weighted by molar-refractivity contribution is 1.18. The fraction of sp³-hybridized carbons (Fsp3) is 0.00752. The minimum atomic E-state index is -3.15. The Hall–Kier alpha value is -19.4. The minimum absolute atomic E-state index is 0. The Morgan fingerprint density at radius 3 is 0.724 bits per heavy atom. The van der Waals surface area contributed by atoms with Crippen molar-refractivity contribution in [3.63, 3.8) is 0 Å². The maximum Gasteiger partial charge on any atom is 0.204 e. The molecule has 24 aromatic rings. The third-order valence-electron chi connectivity index (χ3n) is 28.2. The average Bonchev–Trinajstić information content (AvgIpc) is 1.43. The van der Waals surface area contributed by atoms with E-state index in [2.05, 4.69) is 494 Å². The Morgan fingerprint density at radius 1 is 0.207 bits per heavy atom. The van der Waals surface area contributed by atoms with Gasteiger partial charge in [-0.1, -0.05) is 455 Å². The predicted octanol–water partition coefficient (Wildman–Crippen LogP) is 26.1. The molecule has 145 heavy (non-hydrogen) atoms. The van der Waals surface area contributed by atoms with Crippen molar-refractivity contribution < 1.29 is 0 Å². The first-order valence-corrected chi connectivity index (χ1v) is 53.8. The standard InChI is InChI=1S/3C44H29N3Si.CH4/c1-45-40-30-33(32-26-28-34(29-27-32)47-41-24-14-12-22-38(41)39-23-13-15-25-42(39)47)31-43(44(40)46-2)48(35-16-6-3-7-17-35,36-18-8-4-9-19-36)37-20-10-5-11-21-37;1-46-41-30-33(32-25-27-35(28-26-32)47-42-23-13-11-21-39(42)40-22-12-14-24-43(40)47)29-34(31-45)44(41)48(36-15-5-2-6-16-36,37-17-7-3-8-18-37)38-19-9-4-10-20-38;1-46-41-30-29-37(32-25-27-33(28-26-32)47-42-23-13-11-21-38(42)39-22-12-14-24-43(39)47)44(40(41)31-45)48(34-15-5-2-6-16-34,35-17-7-3-8-18-35)36-19-9-4-10-20-36;/h3-31H;2*2-30H;1H4. The predicted molar refractivity (Wildman–Crippen MR) is 611 cm³/mol. The van der Waals surface area contributed by atoms with E-state index >= 15 is 0 Å². The zero-order valence-electron chi connectivity index (χ0n) is 78.3. The number of aromatic nitrogens is 3. The zero-order valence-corrected chi connectivity index (χ0v) is 81.3. The molecule has 0 unspecified atom stereocenters. The van der Waals surface area contributed by atoms with E-state index in [1.165, 1.54) is 47.9 Å². The molecule has 12 heteroatoms. The number of nitrogens with zero attached hydrogens (tertiary/aromatic N) is 9. The van der Waals surface area contributed by atoms with Gasteiger partial charge >= 0.3 is 0 Å². The van der Waals surface area contributed by atoms with Gasteiger partial charge in [0.15, 0.2) is 41.3 Å². The lowest BCUT2D eigenvalue weighted by Crippen LogP contribution is -2.75. The number of fused-ring (bicyclic) bond motifs is 9. The van der Waals surface area contributed by atoms with Crippen LogP contribution < -0.4 is 62.2 Å². The zero-order chi connectivity index (χ0) is 97.5. The van der Waals surface area contributed by atoms with Gasteiger partial charge in [0.2, 0.25) is 5.69 Å². The third kappa shape index (κ3) is 16.1. The summed E-state index contributed by atoms with van der Waals surface area (Å²) in [4.78, 5) is 16.1. The van der Waals surface area contributed by atoms with Gasteiger partial charge in [-0.3, -0.25) is 9.69 Å². The number of hydrogen-bond donors (Lipinski definition) is 0. The van der Waals surface area contributed by atoms with Gasteiger partial charge in [-0.05, 0) is 175 Å². The minimum Gasteiger partial charge on any atom is -0.309 e. The Kier molecular flexibility index (Phi) is 25.5. The van der Waals surface area contributed by atoms with Crippen molar-refractivity contribution in [2.45, 2.75) is 7.43 Å². The van der Waals surface area contributed by atoms with Crippen LogP contribution in [0.3, 0.4) is 0 Å². The van der Waals surface area contributed by atoms with Crippen molar-refractivity contribution in [3.05, 3.63) is 585 Å². The van der Waals surface area contributed by atoms with Crippen LogP contribution in [0, 0.1) is 49.0 Å². The Morgan fingerprint density at radius 2 is 0.455 bits per heavy atom. The highest BCUT2D eigenvalue weighted by Crippen LogP contribution is 2.41. The van der Waals surface area contributed by atoms with Gasteiger partial charge < -0.3 is 13.7 Å². The second kappa shape index (κ2) is 40.2. The molecule has 21 aromatic carbocycles. The van der Waals surface area contributed by atoms with Gasteiger partial charge in [-0.15, -0.1) is 0 Å². The van der Waals surface area contributed by atoms with Crippen LogP contribution in [0.2, 0.25) is 0 Å². The summed E-state index contributed by atoms with van der Waals surface area (Å²) in [5.41, 5.74) is 18.5. The van der Waals surface area contributed by atoms with Crippen LogP contribution in [0.1, 0.15) is 18.6 Å². The molecule has 0 atom stereocenters. The molecule has 3 aromatic heterocycles. The van der Waals surface area contributed by atoms with Crippen molar-refractivity contribution in [2.24, 2.45) is 0 Å². The fourth-order valence-electron chi connectivity index (χ4n) is 22.1. The van der Waals surface area contributed by atoms with Crippen LogP contribution in [-0.4, -0.2) is 37.9 Å². The summed E-state index contributed by atoms with van der Waals surface area (Å²) in [5.74, 6) is 0. The fourth-order valence-corrected chi connectivity index (χ4v) is 37.1. The summed E-state index contributed by atoms with van der Waals surface area (Å²) >= 11 is 0. The molecular weight excluding hydrogens is 1810 g/mol. The van der Waals surface area contributed by atoms with Gasteiger partial charge in [-0.25, -0.2) is 9.69 Å². The third-order valence-corrected chi connectivity index (χ3v) is 42.7. The summed E-state index contributed by atoms with van der Waals surface area (Å²) < 4.78 is 6.92. The summed E-state index contributed by atoms with van der Waals surface area (Å²) in [6, 6.07) is 188. The maximum absolute atomic E-state index is 10.9. The summed E-state index contributed by atoms with van der Waals surface area (Å²) in [5, 5.41) is 42.1. The highest BCUT2D eigenvalue weighted by atomic mass is 28.3. The van der Waals surface area contributed by atoms with E-state index in [9.17, 15) is 10.5 Å². The number of para-hydroxylation sites is 6. The molecule has 0 fully saturated rings. The highest BCUT2D eigenvalue weighted by Gasteiger charge is 2.48. The molecule has 24 rings (SSSR count). The normalized spacial score (nSPS) is 11.2. The van der Waals surface area contributed by atoms with Gasteiger partial charge in [0.1, 0.15) is 0 Å². The summed E-state index contributed by atoms with van der Waals surface area (Å²) in [7, 11) is -9.30. The van der Waals surface area contributed by atoms with E-state index in [0.717, 1.165) is 130 Å². The molecular formula is C133H91N9Si3. The molecule has 0 amide bonds. The molecule has 9 nitrogen and oxygen atoms in total. The van der Waals surface area contributed by atoms with Gasteiger partial charge in [0, 0.05) is 54.9 Å². The molecule has 0 saturated heterocycles. The number of rotatable bonds is 18. The first-order valence-electron chi connectivity index (χ1n) is 47.8. The monoisotopic (exact) mass is 1900 g/mol. The molecule has 0 aliphatic heterocycles. The Labute approximate surface area is 847 Å². The second-order valence-corrected chi connectivity index (χ2v) is 46.9. The second-order valence-electron chi connectivity index (χ2n) is 35.7. The molecule has 0 radical (unpaired) electrons. The van der Waals surface area contributed by atoms with E-state index in [-0.39, 0.29) is 7.43 Å². The van der Waals surface area contributed by atoms with Crippen molar-refractivity contribution in [2.75, 3.05) is 0 Å². The molecule has 0 saturated carbocycles. The van der Waals surface area contributed by atoms with Crippen molar-refractivity contribution in [3.8, 4) is 62.6 Å². The molecule has 680 valence electrons. The molecule has 0 N–H and O–H groups in total. The van der Waals surface area contributed by atoms with Crippen LogP contribution >= 0.6 is 0 Å². The van der Waals surface area contributed by atoms with Crippen LogP contribution in [0.5, 0.6) is 0 Å². The van der Waals surface area contributed by atoms with Crippen molar-refractivity contribution in [1.29, 1.82) is 10.5 Å². The van der Waals surface area contributed by atoms with Gasteiger partial charge in [-0.2, -0.15) is 10.5 Å². The number of nitriles is 2. The Balaban J connectivity index is 0.000000128. The van der Waals surface area contributed by atoms with E-state index in [0.29, 0.717) is 33.9 Å². The molecule has 0 aliphatic carbocycles. The van der Waals surface area contributed by atoms with Crippen molar-refractivity contribution in [1.82, 2.24) is 13.7 Å². The largest absolute Gasteiger partial charge is 0.309 e. The lowest BCUT2D eigenvalue weighted by Gasteiger charge is -2.37.